The summed E-state index contributed by atoms with van der Waals surface area (Å²) in [4.78, 5) is 38.4. The lowest BCUT2D eigenvalue weighted by molar-refractivity contribution is -0.137. The van der Waals surface area contributed by atoms with Gasteiger partial charge in [-0.2, -0.15) is 0 Å². The third kappa shape index (κ3) is 9.04. The van der Waals surface area contributed by atoms with Crippen LogP contribution in [0.3, 0.4) is 0 Å². The van der Waals surface area contributed by atoms with E-state index in [0.29, 0.717) is 44.6 Å². The molecule has 0 atom stereocenters. The number of carbonyl (C=O) groups is 2. The van der Waals surface area contributed by atoms with Crippen molar-refractivity contribution in [1.82, 2.24) is 20.2 Å². The molecule has 10 nitrogen and oxygen atoms in total. The van der Waals surface area contributed by atoms with Gasteiger partial charge in [0.15, 0.2) is 0 Å². The molecule has 46 heavy (non-hydrogen) atoms. The minimum Gasteiger partial charge on any atom is -0.481 e. The second kappa shape index (κ2) is 14.9. The van der Waals surface area contributed by atoms with Crippen LogP contribution in [0.15, 0.2) is 24.5 Å². The Morgan fingerprint density at radius 2 is 1.65 bits per heavy atom. The summed E-state index contributed by atoms with van der Waals surface area (Å²) in [6, 6.07) is 4.52. The molecular formula is C34H49F2N7O3. The lowest BCUT2D eigenvalue weighted by Crippen LogP contribution is -2.66. The Bertz CT molecular complexity index is 1360. The summed E-state index contributed by atoms with van der Waals surface area (Å²) < 4.78 is 30.8. The quantitative estimate of drug-likeness (QED) is 0.254. The molecule has 3 N–H and O–H groups in total. The van der Waals surface area contributed by atoms with Crippen LogP contribution < -0.4 is 20.4 Å². The van der Waals surface area contributed by atoms with Gasteiger partial charge in [0.1, 0.15) is 29.6 Å². The fourth-order valence-corrected chi connectivity index (χ4v) is 6.85. The van der Waals surface area contributed by atoms with Crippen LogP contribution in [-0.2, 0) is 16.1 Å². The molecule has 1 spiro atoms. The van der Waals surface area contributed by atoms with Crippen LogP contribution in [0, 0.1) is 17.0 Å². The second-order valence-electron chi connectivity index (χ2n) is 14.1. The molecule has 252 valence electrons. The number of hydrogen-bond donors (Lipinski definition) is 3. The maximum atomic E-state index is 15.5. The smallest absolute Gasteiger partial charge is 0.303 e. The average Bonchev–Trinajstić information content (AvgIpc) is 3.01. The number of carboxylic acids is 1. The highest BCUT2D eigenvalue weighted by Crippen LogP contribution is 2.34. The maximum Gasteiger partial charge on any atom is 0.303 e. The molecular weight excluding hydrogens is 592 g/mol. The molecule has 12 heteroatoms. The number of carboxylic acid groups (broad SMARTS) is 1. The molecule has 4 heterocycles. The molecule has 3 aliphatic heterocycles. The molecule has 3 saturated heterocycles. The van der Waals surface area contributed by atoms with Crippen LogP contribution in [0.4, 0.5) is 26.1 Å². The molecule has 1 amide bonds. The Labute approximate surface area is 270 Å². The topological polar surface area (TPSA) is 114 Å². The van der Waals surface area contributed by atoms with Crippen molar-refractivity contribution in [1.29, 1.82) is 0 Å². The second-order valence-corrected chi connectivity index (χ2v) is 14.1. The number of anilines is 3. The molecule has 1 aromatic heterocycles. The zero-order valence-corrected chi connectivity index (χ0v) is 27.3. The number of amides is 1. The molecule has 0 bridgehead atoms. The number of unbranched alkanes of at least 4 members (excludes halogenated alkanes) is 4. The lowest BCUT2D eigenvalue weighted by Gasteiger charge is -2.48. The van der Waals surface area contributed by atoms with E-state index in [-0.39, 0.29) is 30.0 Å². The number of aliphatic carboxylic acids is 1. The lowest BCUT2D eigenvalue weighted by atomic mass is 9.82. The number of benzene rings is 1. The highest BCUT2D eigenvalue weighted by Gasteiger charge is 2.42. The van der Waals surface area contributed by atoms with Gasteiger partial charge in [-0.05, 0) is 63.1 Å². The van der Waals surface area contributed by atoms with E-state index in [0.717, 1.165) is 76.2 Å². The number of piperidine rings is 2. The molecule has 0 aliphatic carbocycles. The summed E-state index contributed by atoms with van der Waals surface area (Å²) in [5, 5.41) is 15.3. The minimum absolute atomic E-state index is 0.00828. The molecule has 3 fully saturated rings. The van der Waals surface area contributed by atoms with Crippen molar-refractivity contribution in [2.24, 2.45) is 5.41 Å². The van der Waals surface area contributed by atoms with Crippen LogP contribution in [0.25, 0.3) is 0 Å². The van der Waals surface area contributed by atoms with Crippen molar-refractivity contribution in [3.8, 4) is 0 Å². The summed E-state index contributed by atoms with van der Waals surface area (Å²) in [5.41, 5.74) is 0.252. The predicted octanol–water partition coefficient (Wildman–Crippen LogP) is 5.19. The average molecular weight is 642 g/mol. The van der Waals surface area contributed by atoms with Gasteiger partial charge in [-0.3, -0.25) is 14.5 Å². The normalized spacial score (nSPS) is 19.7. The first-order valence-corrected chi connectivity index (χ1v) is 16.8. The molecule has 0 saturated carbocycles. The Morgan fingerprint density at radius 1 is 0.935 bits per heavy atom. The maximum absolute atomic E-state index is 15.5. The zero-order chi connectivity index (χ0) is 32.7. The van der Waals surface area contributed by atoms with E-state index in [1.807, 2.05) is 6.07 Å². The van der Waals surface area contributed by atoms with Crippen LogP contribution in [0.1, 0.15) is 83.6 Å². The van der Waals surface area contributed by atoms with Gasteiger partial charge in [0.25, 0.3) is 0 Å². The van der Waals surface area contributed by atoms with Gasteiger partial charge >= 0.3 is 5.97 Å². The number of piperazine rings is 1. The number of likely N-dealkylation sites (tertiary alicyclic amines) is 1. The van der Waals surface area contributed by atoms with Gasteiger partial charge in [0, 0.05) is 56.8 Å². The van der Waals surface area contributed by atoms with Crippen molar-refractivity contribution in [2.45, 2.75) is 90.1 Å². The van der Waals surface area contributed by atoms with Crippen molar-refractivity contribution in [2.75, 3.05) is 60.9 Å². The van der Waals surface area contributed by atoms with E-state index in [1.165, 1.54) is 12.1 Å². The summed E-state index contributed by atoms with van der Waals surface area (Å²) in [7, 11) is 0. The molecule has 3 aliphatic rings. The predicted molar refractivity (Wildman–Crippen MR) is 175 cm³/mol. The van der Waals surface area contributed by atoms with Crippen molar-refractivity contribution >= 4 is 29.2 Å². The first-order chi connectivity index (χ1) is 22.0. The monoisotopic (exact) mass is 641 g/mol. The Balaban J connectivity index is 1.13. The van der Waals surface area contributed by atoms with E-state index in [4.69, 9.17) is 5.11 Å². The van der Waals surface area contributed by atoms with Gasteiger partial charge < -0.3 is 25.5 Å². The molecule has 5 rings (SSSR count). The summed E-state index contributed by atoms with van der Waals surface area (Å²) >= 11 is 0. The third-order valence-corrected chi connectivity index (χ3v) is 9.86. The summed E-state index contributed by atoms with van der Waals surface area (Å²) in [6.07, 6.45) is 9.80. The molecule has 1 aromatic carbocycles. The first kappa shape index (κ1) is 33.8. The molecule has 2 aromatic rings. The van der Waals surface area contributed by atoms with Crippen molar-refractivity contribution < 1.29 is 23.5 Å². The Morgan fingerprint density at radius 3 is 2.39 bits per heavy atom. The zero-order valence-electron chi connectivity index (χ0n) is 27.3. The van der Waals surface area contributed by atoms with E-state index in [1.54, 1.807) is 11.2 Å². The number of aromatic nitrogens is 2. The number of carbonyl (C=O) groups excluding carboxylic acids is 1. The summed E-state index contributed by atoms with van der Waals surface area (Å²) in [5.74, 6) is -0.291. The fourth-order valence-electron chi connectivity index (χ4n) is 6.85. The van der Waals surface area contributed by atoms with Gasteiger partial charge in [0.2, 0.25) is 5.91 Å². The first-order valence-electron chi connectivity index (χ1n) is 16.8. The van der Waals surface area contributed by atoms with Gasteiger partial charge in [-0.15, -0.1) is 0 Å². The van der Waals surface area contributed by atoms with Gasteiger partial charge in [0.05, 0.1) is 17.8 Å². The fraction of sp³-hybridized carbons (Fsp3) is 0.647. The standard InChI is InChI=1S/C34H49F2N7O3/c1-33(2)9-14-41(15-10-33)21-25-18-27(36)28(19-26(25)35)43-22-31(44)40-34(23-43)11-16-42(17-12-34)30-20-29(38-24-39-30)37-13-7-5-3-4-6-8-32(45)46/h18-20,24H,3-17,21-23H2,1-2H3,(H,40,44)(H,45,46)(H,37,38,39). The van der Waals surface area contributed by atoms with Crippen LogP contribution in [0.5, 0.6) is 0 Å². The number of rotatable bonds is 13. The van der Waals surface area contributed by atoms with Crippen molar-refractivity contribution in [3.63, 3.8) is 0 Å². The number of nitrogens with zero attached hydrogens (tertiary/aromatic N) is 5. The highest BCUT2D eigenvalue weighted by molar-refractivity contribution is 5.84. The van der Waals surface area contributed by atoms with E-state index >= 15 is 8.78 Å². The Hall–Kier alpha value is -3.54. The minimum atomic E-state index is -0.740. The van der Waals surface area contributed by atoms with E-state index in [2.05, 4.69) is 44.2 Å². The van der Waals surface area contributed by atoms with Crippen LogP contribution in [-0.4, -0.2) is 83.2 Å². The highest BCUT2D eigenvalue weighted by atomic mass is 19.1. The van der Waals surface area contributed by atoms with Crippen LogP contribution >= 0.6 is 0 Å². The van der Waals surface area contributed by atoms with E-state index in [9.17, 15) is 9.59 Å². The SMILES string of the molecule is CC1(C)CCN(Cc2cc(F)c(N3CC(=O)NC4(CCN(c5cc(NCCCCCCCC(=O)O)ncn5)CC4)C3)cc2F)CC1. The van der Waals surface area contributed by atoms with Gasteiger partial charge in [-0.1, -0.05) is 33.1 Å². The number of hydrogen-bond acceptors (Lipinski definition) is 8. The number of nitrogens with one attached hydrogen (secondary N) is 2. The van der Waals surface area contributed by atoms with E-state index < -0.39 is 23.1 Å². The van der Waals surface area contributed by atoms with Crippen LogP contribution in [0.2, 0.25) is 0 Å². The third-order valence-electron chi connectivity index (χ3n) is 9.86. The molecule has 0 unspecified atom stereocenters. The Kier molecular flexibility index (Phi) is 11.0. The number of halogens is 2. The molecule has 0 radical (unpaired) electrons. The largest absolute Gasteiger partial charge is 0.481 e. The van der Waals surface area contributed by atoms with Crippen molar-refractivity contribution in [3.05, 3.63) is 41.7 Å². The van der Waals surface area contributed by atoms with Gasteiger partial charge in [-0.25, -0.2) is 18.7 Å². The summed E-state index contributed by atoms with van der Waals surface area (Å²) in [6.45, 7) is 9.10.